The van der Waals surface area contributed by atoms with Crippen molar-refractivity contribution in [3.8, 4) is 11.3 Å². The first kappa shape index (κ1) is 21.9. The number of carbonyl (C=O) groups excluding carboxylic acids is 2. The molecule has 1 amide bonds. The Morgan fingerprint density at radius 1 is 1.09 bits per heavy atom. The van der Waals surface area contributed by atoms with Crippen LogP contribution in [0.3, 0.4) is 0 Å². The van der Waals surface area contributed by atoms with Gasteiger partial charge in [0.25, 0.3) is 0 Å². The third-order valence-corrected chi connectivity index (χ3v) is 5.48. The molecule has 32 heavy (non-hydrogen) atoms. The Morgan fingerprint density at radius 2 is 1.81 bits per heavy atom. The number of ether oxygens (including phenoxy) is 1. The number of anilines is 1. The van der Waals surface area contributed by atoms with Crippen molar-refractivity contribution in [2.75, 3.05) is 12.4 Å². The van der Waals surface area contributed by atoms with Crippen LogP contribution >= 0.6 is 23.2 Å². The summed E-state index contributed by atoms with van der Waals surface area (Å²) in [6.07, 6.45) is -0.111. The number of nitrogens with one attached hydrogen (secondary N) is 1. The van der Waals surface area contributed by atoms with Gasteiger partial charge < -0.3 is 13.8 Å². The van der Waals surface area contributed by atoms with Crippen molar-refractivity contribution < 1.29 is 23.4 Å². The Hall–Kier alpha value is -3.36. The van der Waals surface area contributed by atoms with Crippen molar-refractivity contribution in [1.29, 1.82) is 0 Å². The fourth-order valence-corrected chi connectivity index (χ4v) is 4.10. The smallest absolute Gasteiger partial charge is 0.345 e. The number of hydrogen-bond acceptors (Lipinski definition) is 7. The number of methoxy groups -OCH3 is 1. The fourth-order valence-electron chi connectivity index (χ4n) is 3.53. The third-order valence-electron chi connectivity index (χ3n) is 4.85. The van der Waals surface area contributed by atoms with E-state index in [1.165, 1.54) is 7.11 Å². The van der Waals surface area contributed by atoms with Gasteiger partial charge in [-0.1, -0.05) is 45.6 Å². The summed E-state index contributed by atoms with van der Waals surface area (Å²) >= 11 is 12.5. The van der Waals surface area contributed by atoms with E-state index in [0.29, 0.717) is 11.3 Å². The van der Waals surface area contributed by atoms with E-state index in [-0.39, 0.29) is 39.2 Å². The molecular weight excluding hydrogens is 457 g/mol. The van der Waals surface area contributed by atoms with E-state index in [9.17, 15) is 9.59 Å². The maximum atomic E-state index is 12.8. The minimum absolute atomic E-state index is 0.0564. The van der Waals surface area contributed by atoms with Crippen LogP contribution in [0.5, 0.6) is 0 Å². The zero-order chi connectivity index (χ0) is 23.0. The van der Waals surface area contributed by atoms with Crippen molar-refractivity contribution in [2.24, 2.45) is 0 Å². The highest BCUT2D eigenvalue weighted by Crippen LogP contribution is 2.38. The summed E-state index contributed by atoms with van der Waals surface area (Å²) in [4.78, 5) is 25.2. The van der Waals surface area contributed by atoms with Crippen molar-refractivity contribution >= 4 is 51.9 Å². The van der Waals surface area contributed by atoms with Gasteiger partial charge in [-0.15, -0.1) is 0 Å². The van der Waals surface area contributed by atoms with E-state index in [2.05, 4.69) is 15.6 Å². The molecule has 10 heteroatoms. The van der Waals surface area contributed by atoms with Crippen LogP contribution in [0.2, 0.25) is 10.0 Å². The van der Waals surface area contributed by atoms with Crippen LogP contribution in [0.4, 0.5) is 5.88 Å². The van der Waals surface area contributed by atoms with Gasteiger partial charge in [0, 0.05) is 10.9 Å². The lowest BCUT2D eigenvalue weighted by Gasteiger charge is -2.06. The van der Waals surface area contributed by atoms with Gasteiger partial charge in [-0.05, 0) is 43.2 Å². The van der Waals surface area contributed by atoms with E-state index in [1.54, 1.807) is 18.2 Å². The molecule has 0 unspecified atom stereocenters. The topological polar surface area (TPSA) is 107 Å². The van der Waals surface area contributed by atoms with Gasteiger partial charge >= 0.3 is 5.97 Å². The molecule has 8 nitrogen and oxygen atoms in total. The summed E-state index contributed by atoms with van der Waals surface area (Å²) in [6.45, 7) is 3.86. The van der Waals surface area contributed by atoms with E-state index >= 15 is 0 Å². The monoisotopic (exact) mass is 473 g/mol. The molecule has 1 N–H and O–H groups in total. The minimum atomic E-state index is -0.772. The molecule has 0 bridgehead atoms. The molecule has 4 aromatic rings. The summed E-state index contributed by atoms with van der Waals surface area (Å²) in [7, 11) is 1.20. The first-order valence-electron chi connectivity index (χ1n) is 9.48. The van der Waals surface area contributed by atoms with Crippen molar-refractivity contribution in [3.63, 3.8) is 0 Å². The normalized spacial score (nSPS) is 11.0. The van der Waals surface area contributed by atoms with Crippen LogP contribution in [0, 0.1) is 13.8 Å². The number of amides is 1. The lowest BCUT2D eigenvalue weighted by molar-refractivity contribution is -0.115. The fraction of sp³-hybridized carbons (Fsp3) is 0.182. The van der Waals surface area contributed by atoms with E-state index < -0.39 is 11.9 Å². The average molecular weight is 474 g/mol. The second-order valence-corrected chi connectivity index (χ2v) is 7.95. The van der Waals surface area contributed by atoms with Gasteiger partial charge in [0.1, 0.15) is 11.4 Å². The van der Waals surface area contributed by atoms with E-state index in [1.807, 2.05) is 26.0 Å². The molecule has 0 atom stereocenters. The third kappa shape index (κ3) is 3.94. The molecule has 0 aliphatic rings. The van der Waals surface area contributed by atoms with Crippen molar-refractivity contribution in [3.05, 3.63) is 62.8 Å². The van der Waals surface area contributed by atoms with Crippen LogP contribution < -0.4 is 5.32 Å². The molecule has 0 fully saturated rings. The largest absolute Gasteiger partial charge is 0.465 e. The zero-order valence-corrected chi connectivity index (χ0v) is 18.8. The number of esters is 1. The van der Waals surface area contributed by atoms with Gasteiger partial charge in [0.2, 0.25) is 11.8 Å². The van der Waals surface area contributed by atoms with Crippen LogP contribution in [-0.4, -0.2) is 29.3 Å². The van der Waals surface area contributed by atoms with Crippen LogP contribution in [-0.2, 0) is 16.0 Å². The maximum Gasteiger partial charge on any atom is 0.345 e. The number of nitrogens with zero attached hydrogens (tertiary/aromatic N) is 2. The second kappa shape index (κ2) is 8.64. The number of aromatic nitrogens is 2. The standard InChI is InChI=1S/C22H17Cl2N3O5/c1-10-7-11(2)17-14(26-31-15(17)8-10)9-16(28)25-21-19(22(29)30-3)20(27-32-21)18-12(23)5-4-6-13(18)24/h4-8H,9H2,1-3H3,(H,25,28). The number of fused-ring (bicyclic) bond motifs is 1. The summed E-state index contributed by atoms with van der Waals surface area (Å²) in [5.74, 6) is -1.45. The summed E-state index contributed by atoms with van der Waals surface area (Å²) in [5.41, 5.74) is 3.26. The number of benzene rings is 2. The van der Waals surface area contributed by atoms with Crippen LogP contribution in [0.15, 0.2) is 39.4 Å². The van der Waals surface area contributed by atoms with Gasteiger partial charge in [-0.25, -0.2) is 4.79 Å². The number of hydrogen-bond donors (Lipinski definition) is 1. The first-order chi connectivity index (χ1) is 15.3. The predicted molar refractivity (Wildman–Crippen MR) is 119 cm³/mol. The van der Waals surface area contributed by atoms with Gasteiger partial charge in [-0.3, -0.25) is 10.1 Å². The molecule has 0 saturated carbocycles. The molecule has 0 aliphatic carbocycles. The molecule has 2 aromatic heterocycles. The van der Waals surface area contributed by atoms with Crippen LogP contribution in [0.1, 0.15) is 27.2 Å². The molecule has 164 valence electrons. The lowest BCUT2D eigenvalue weighted by Crippen LogP contribution is -2.17. The maximum absolute atomic E-state index is 12.8. The first-order valence-corrected chi connectivity index (χ1v) is 10.2. The molecule has 2 heterocycles. The minimum Gasteiger partial charge on any atom is -0.465 e. The zero-order valence-electron chi connectivity index (χ0n) is 17.3. The Balaban J connectivity index is 1.67. The van der Waals surface area contributed by atoms with Gasteiger partial charge in [-0.2, -0.15) is 0 Å². The highest BCUT2D eigenvalue weighted by Gasteiger charge is 2.29. The molecule has 0 radical (unpaired) electrons. The second-order valence-electron chi connectivity index (χ2n) is 7.13. The molecule has 0 spiro atoms. The quantitative estimate of drug-likeness (QED) is 0.387. The highest BCUT2D eigenvalue weighted by atomic mass is 35.5. The SMILES string of the molecule is COC(=O)c1c(-c2c(Cl)cccc2Cl)noc1NC(=O)Cc1noc2cc(C)cc(C)c12. The van der Waals surface area contributed by atoms with Gasteiger partial charge in [0.15, 0.2) is 11.1 Å². The molecule has 2 aromatic carbocycles. The Kier molecular flexibility index (Phi) is 5.90. The summed E-state index contributed by atoms with van der Waals surface area (Å²) < 4.78 is 15.5. The highest BCUT2D eigenvalue weighted by molar-refractivity contribution is 6.39. The summed E-state index contributed by atoms with van der Waals surface area (Å²) in [6, 6.07) is 8.67. The van der Waals surface area contributed by atoms with Crippen molar-refractivity contribution in [1.82, 2.24) is 10.3 Å². The van der Waals surface area contributed by atoms with Crippen LogP contribution in [0.25, 0.3) is 22.2 Å². The van der Waals surface area contributed by atoms with Gasteiger partial charge in [0.05, 0.1) is 23.6 Å². The molecule has 0 aliphatic heterocycles. The summed E-state index contributed by atoms with van der Waals surface area (Å²) in [5, 5.41) is 11.8. The average Bonchev–Trinajstić information content (AvgIpc) is 3.31. The van der Waals surface area contributed by atoms with E-state index in [4.69, 9.17) is 37.0 Å². The van der Waals surface area contributed by atoms with Crippen molar-refractivity contribution in [2.45, 2.75) is 20.3 Å². The lowest BCUT2D eigenvalue weighted by atomic mass is 10.0. The predicted octanol–water partition coefficient (Wildman–Crippen LogP) is 5.37. The molecular formula is C22H17Cl2N3O5. The Morgan fingerprint density at radius 3 is 2.50 bits per heavy atom. The number of carbonyl (C=O) groups is 2. The number of halogens is 2. The molecule has 0 saturated heterocycles. The molecule has 4 rings (SSSR count). The number of aryl methyl sites for hydroxylation is 2. The number of rotatable bonds is 5. The van der Waals surface area contributed by atoms with E-state index in [0.717, 1.165) is 16.5 Å². The Labute approximate surface area is 192 Å². The Bertz CT molecular complexity index is 1340.